The minimum absolute atomic E-state index is 0.0566. The van der Waals surface area contributed by atoms with Crippen molar-refractivity contribution in [1.82, 2.24) is 4.98 Å². The molecule has 0 spiro atoms. The van der Waals surface area contributed by atoms with E-state index in [4.69, 9.17) is 10.1 Å². The Kier molecular flexibility index (Phi) is 5.02. The number of nitrogens with one attached hydrogen (secondary N) is 1. The van der Waals surface area contributed by atoms with Crippen molar-refractivity contribution in [3.05, 3.63) is 35.7 Å². The third-order valence-electron chi connectivity index (χ3n) is 6.16. The van der Waals surface area contributed by atoms with Gasteiger partial charge >= 0.3 is 5.97 Å². The summed E-state index contributed by atoms with van der Waals surface area (Å²) in [4.78, 5) is 16.7. The smallest absolute Gasteiger partial charge is 0.338 e. The molecular formula is C21H28N2O3. The molecule has 0 radical (unpaired) electrons. The summed E-state index contributed by atoms with van der Waals surface area (Å²) >= 11 is 0. The number of aromatic nitrogens is 1. The van der Waals surface area contributed by atoms with Crippen LogP contribution in [0, 0.1) is 29.1 Å². The van der Waals surface area contributed by atoms with Gasteiger partial charge in [0.05, 0.1) is 5.69 Å². The number of cyclic esters (lactones) is 1. The fourth-order valence-electron chi connectivity index (χ4n) is 4.88. The monoisotopic (exact) mass is 356 g/mol. The Morgan fingerprint density at radius 1 is 1.46 bits per heavy atom. The molecule has 0 bridgehead atoms. The maximum Gasteiger partial charge on any atom is 0.338 e. The summed E-state index contributed by atoms with van der Waals surface area (Å²) in [6, 6.07) is 3.78. The molecule has 0 amide bonds. The van der Waals surface area contributed by atoms with Crippen LogP contribution in [-0.4, -0.2) is 33.5 Å². The summed E-state index contributed by atoms with van der Waals surface area (Å²) in [5.41, 5.74) is 0.719. The van der Waals surface area contributed by atoms with Crippen molar-refractivity contribution in [2.75, 3.05) is 0 Å². The van der Waals surface area contributed by atoms with Crippen molar-refractivity contribution >= 4 is 17.8 Å². The normalized spacial score (nSPS) is 36.8. The lowest BCUT2D eigenvalue weighted by Gasteiger charge is -2.45. The van der Waals surface area contributed by atoms with E-state index in [0.29, 0.717) is 18.1 Å². The average Bonchev–Trinajstić information content (AvgIpc) is 2.81. The molecule has 5 heteroatoms. The van der Waals surface area contributed by atoms with Crippen molar-refractivity contribution in [3.8, 4) is 0 Å². The van der Waals surface area contributed by atoms with Crippen LogP contribution in [0.4, 0.5) is 0 Å². The number of pyridine rings is 1. The first kappa shape index (κ1) is 18.8. The highest BCUT2D eigenvalue weighted by molar-refractivity contribution is 5.95. The number of allylic oxidation sites excluding steroid dienone is 1. The van der Waals surface area contributed by atoms with E-state index in [1.54, 1.807) is 13.1 Å². The summed E-state index contributed by atoms with van der Waals surface area (Å²) in [5, 5.41) is 18.7. The lowest BCUT2D eigenvalue weighted by atomic mass is 9.59. The predicted molar refractivity (Wildman–Crippen MR) is 101 cm³/mol. The number of carbonyl (C=O) groups is 1. The first-order valence-corrected chi connectivity index (χ1v) is 9.41. The third kappa shape index (κ3) is 3.09. The quantitative estimate of drug-likeness (QED) is 0.639. The number of nitrogens with zero attached hydrogens (tertiary/aromatic N) is 1. The third-order valence-corrected chi connectivity index (χ3v) is 6.16. The summed E-state index contributed by atoms with van der Waals surface area (Å²) in [5.74, 6) is -0.0170. The average molecular weight is 356 g/mol. The second-order valence-electron chi connectivity index (χ2n) is 7.85. The van der Waals surface area contributed by atoms with E-state index >= 15 is 0 Å². The Hall–Kier alpha value is -2.01. The zero-order chi connectivity index (χ0) is 19.1. The van der Waals surface area contributed by atoms with Crippen LogP contribution in [0.3, 0.4) is 0 Å². The van der Waals surface area contributed by atoms with E-state index in [0.717, 1.165) is 17.7 Å². The van der Waals surface area contributed by atoms with Crippen LogP contribution in [0.2, 0.25) is 0 Å². The Balaban J connectivity index is 1.91. The van der Waals surface area contributed by atoms with Gasteiger partial charge in [0.1, 0.15) is 6.10 Å². The molecule has 3 rings (SSSR count). The van der Waals surface area contributed by atoms with Crippen LogP contribution in [0.5, 0.6) is 0 Å². The lowest BCUT2D eigenvalue weighted by molar-refractivity contribution is -0.160. The molecular weight excluding hydrogens is 328 g/mol. The second-order valence-corrected chi connectivity index (χ2v) is 7.85. The molecule has 1 saturated carbocycles. The number of fused-ring (bicyclic) bond motifs is 1. The number of hydrogen-bond acceptors (Lipinski definition) is 5. The first-order valence-electron chi connectivity index (χ1n) is 9.41. The molecule has 140 valence electrons. The fraction of sp³-hybridized carbons (Fsp3) is 0.571. The molecule has 2 heterocycles. The summed E-state index contributed by atoms with van der Waals surface area (Å²) in [6.45, 7) is 7.89. The van der Waals surface area contributed by atoms with E-state index in [2.05, 4.69) is 24.9 Å². The molecule has 26 heavy (non-hydrogen) atoms. The lowest BCUT2D eigenvalue weighted by Crippen LogP contribution is -2.53. The predicted octanol–water partition coefficient (Wildman–Crippen LogP) is 3.46. The minimum atomic E-state index is -1.38. The number of ether oxygens (including phenoxy) is 1. The molecule has 1 aromatic heterocycles. The highest BCUT2D eigenvalue weighted by Gasteiger charge is 2.62. The van der Waals surface area contributed by atoms with Gasteiger partial charge in [0.15, 0.2) is 5.60 Å². The van der Waals surface area contributed by atoms with Crippen molar-refractivity contribution < 1.29 is 14.6 Å². The number of carbonyl (C=O) groups excluding carboxylic acids is 1. The van der Waals surface area contributed by atoms with Crippen LogP contribution < -0.4 is 0 Å². The molecule has 6 atom stereocenters. The number of aliphatic hydroxyl groups is 1. The van der Waals surface area contributed by atoms with Crippen LogP contribution in [-0.2, 0) is 9.53 Å². The van der Waals surface area contributed by atoms with Crippen LogP contribution in [0.25, 0.3) is 6.08 Å². The maximum atomic E-state index is 12.3. The molecule has 1 aromatic rings. The Morgan fingerprint density at radius 3 is 2.77 bits per heavy atom. The largest absolute Gasteiger partial charge is 0.460 e. The molecule has 5 nitrogen and oxygen atoms in total. The molecule has 1 saturated heterocycles. The molecule has 0 aromatic carbocycles. The van der Waals surface area contributed by atoms with E-state index in [1.807, 2.05) is 25.1 Å². The minimum Gasteiger partial charge on any atom is -0.460 e. The standard InChI is InChI=1S/C21H28N2O3/c1-5-17-12(2)10-21(25)19(14(4)26-20(21)24)18(17)9-8-16-7-6-15(11-23-16)13(3)22/h6-9,11-12,14,17-19,22,25H,5,10H2,1-4H3/b9-8+,22-13?/t12-,14+,17+,18-,19-,21-/m0/s1. The highest BCUT2D eigenvalue weighted by atomic mass is 16.6. The van der Waals surface area contributed by atoms with Crippen molar-refractivity contribution in [1.29, 1.82) is 5.41 Å². The molecule has 2 aliphatic rings. The van der Waals surface area contributed by atoms with Gasteiger partial charge in [-0.15, -0.1) is 0 Å². The van der Waals surface area contributed by atoms with Gasteiger partial charge in [-0.2, -0.15) is 0 Å². The molecule has 2 N–H and O–H groups in total. The van der Waals surface area contributed by atoms with Gasteiger partial charge in [0, 0.05) is 23.4 Å². The summed E-state index contributed by atoms with van der Waals surface area (Å²) in [7, 11) is 0. The van der Waals surface area contributed by atoms with Crippen molar-refractivity contribution in [3.63, 3.8) is 0 Å². The van der Waals surface area contributed by atoms with Gasteiger partial charge in [-0.25, -0.2) is 4.79 Å². The Morgan fingerprint density at radius 2 is 2.19 bits per heavy atom. The number of hydrogen-bond donors (Lipinski definition) is 2. The van der Waals surface area contributed by atoms with Gasteiger partial charge in [-0.05, 0) is 56.2 Å². The molecule has 0 unspecified atom stereocenters. The molecule has 1 aliphatic heterocycles. The SMILES string of the molecule is CC[C@H]1[C@H](/C=C/c2ccc(C(C)=N)cn2)[C@@H]2[C@@H](C)OC(=O)[C@]2(O)C[C@@H]1C. The fourth-order valence-corrected chi connectivity index (χ4v) is 4.88. The van der Waals surface area contributed by atoms with Gasteiger partial charge in [0.25, 0.3) is 0 Å². The van der Waals surface area contributed by atoms with E-state index < -0.39 is 11.6 Å². The Labute approximate surface area is 155 Å². The van der Waals surface area contributed by atoms with Crippen LogP contribution in [0.1, 0.15) is 51.8 Å². The molecule has 1 aliphatic carbocycles. The van der Waals surface area contributed by atoms with E-state index in [-0.39, 0.29) is 23.9 Å². The second kappa shape index (κ2) is 6.95. The van der Waals surface area contributed by atoms with Crippen LogP contribution in [0.15, 0.2) is 24.4 Å². The zero-order valence-electron chi connectivity index (χ0n) is 15.9. The van der Waals surface area contributed by atoms with E-state index in [9.17, 15) is 9.90 Å². The van der Waals surface area contributed by atoms with Gasteiger partial charge < -0.3 is 15.3 Å². The number of esters is 1. The summed E-state index contributed by atoms with van der Waals surface area (Å²) < 4.78 is 5.41. The van der Waals surface area contributed by atoms with Crippen LogP contribution >= 0.6 is 0 Å². The maximum absolute atomic E-state index is 12.3. The Bertz CT molecular complexity index is 727. The first-order chi connectivity index (χ1) is 12.3. The highest BCUT2D eigenvalue weighted by Crippen LogP contribution is 2.52. The van der Waals surface area contributed by atoms with Gasteiger partial charge in [-0.1, -0.05) is 26.3 Å². The van der Waals surface area contributed by atoms with E-state index in [1.165, 1.54) is 0 Å². The zero-order valence-corrected chi connectivity index (χ0v) is 15.9. The topological polar surface area (TPSA) is 83.3 Å². The number of rotatable bonds is 4. The van der Waals surface area contributed by atoms with Crippen molar-refractivity contribution in [2.24, 2.45) is 23.7 Å². The van der Waals surface area contributed by atoms with Crippen molar-refractivity contribution in [2.45, 2.75) is 52.2 Å². The van der Waals surface area contributed by atoms with Gasteiger partial charge in [-0.3, -0.25) is 4.98 Å². The summed E-state index contributed by atoms with van der Waals surface area (Å²) in [6.07, 6.45) is 6.92. The molecule has 2 fully saturated rings. The van der Waals surface area contributed by atoms with Gasteiger partial charge in [0.2, 0.25) is 0 Å².